The predicted molar refractivity (Wildman–Crippen MR) is 141 cm³/mol. The van der Waals surface area contributed by atoms with Crippen LogP contribution >= 0.6 is 0 Å². The molecule has 4 aliphatic rings. The van der Waals surface area contributed by atoms with Gasteiger partial charge in [-0.2, -0.15) is 13.2 Å². The van der Waals surface area contributed by atoms with Crippen LogP contribution in [-0.2, 0) is 9.53 Å². The van der Waals surface area contributed by atoms with Crippen LogP contribution in [0.4, 0.5) is 18.0 Å². The fourth-order valence-corrected chi connectivity index (χ4v) is 7.64. The zero-order valence-electron chi connectivity index (χ0n) is 23.0. The Bertz CT molecular complexity index is 1000. The lowest BCUT2D eigenvalue weighted by Crippen LogP contribution is -2.60. The van der Waals surface area contributed by atoms with Crippen LogP contribution in [0.25, 0.3) is 0 Å². The third-order valence-electron chi connectivity index (χ3n) is 9.25. The second kappa shape index (κ2) is 11.3. The number of urea groups is 1. The van der Waals surface area contributed by atoms with Gasteiger partial charge >= 0.3 is 18.1 Å². The van der Waals surface area contributed by atoms with Gasteiger partial charge in [0.2, 0.25) is 0 Å². The highest BCUT2D eigenvalue weighted by Gasteiger charge is 2.57. The van der Waals surface area contributed by atoms with E-state index in [2.05, 4.69) is 33.9 Å². The van der Waals surface area contributed by atoms with E-state index in [1.165, 1.54) is 0 Å². The van der Waals surface area contributed by atoms with Crippen molar-refractivity contribution >= 4 is 11.9 Å². The Morgan fingerprint density at radius 3 is 2.31 bits per heavy atom. The zero-order valence-corrected chi connectivity index (χ0v) is 23.0. The summed E-state index contributed by atoms with van der Waals surface area (Å²) in [6.07, 6.45) is 1.26. The van der Waals surface area contributed by atoms with Gasteiger partial charge in [-0.05, 0) is 70.3 Å². The molecule has 0 saturated carbocycles. The number of ether oxygens (including phenoxy) is 1. The molecule has 1 aromatic carbocycles. The Balaban J connectivity index is 1.28. The molecule has 1 N–H and O–H groups in total. The van der Waals surface area contributed by atoms with Gasteiger partial charge < -0.3 is 19.9 Å². The van der Waals surface area contributed by atoms with Gasteiger partial charge in [0.05, 0.1) is 11.6 Å². The van der Waals surface area contributed by atoms with Crippen LogP contribution in [0.2, 0.25) is 0 Å². The lowest BCUT2D eigenvalue weighted by Gasteiger charge is -2.49. The van der Waals surface area contributed by atoms with Crippen molar-refractivity contribution in [2.75, 3.05) is 32.8 Å². The van der Waals surface area contributed by atoms with Gasteiger partial charge in [-0.25, -0.2) is 4.79 Å². The van der Waals surface area contributed by atoms with Crippen LogP contribution in [0.3, 0.4) is 0 Å². The highest BCUT2D eigenvalue weighted by atomic mass is 19.4. The Kier molecular flexibility index (Phi) is 8.15. The first-order valence-corrected chi connectivity index (χ1v) is 14.4. The molecule has 216 valence electrons. The molecular formula is C29H41F3N4O3. The van der Waals surface area contributed by atoms with Crippen molar-refractivity contribution < 1.29 is 27.5 Å². The van der Waals surface area contributed by atoms with Crippen molar-refractivity contribution in [1.29, 1.82) is 0 Å². The average Bonchev–Trinajstić information content (AvgIpc) is 3.30. The van der Waals surface area contributed by atoms with Crippen molar-refractivity contribution in [1.82, 2.24) is 20.0 Å². The fourth-order valence-electron chi connectivity index (χ4n) is 7.64. The summed E-state index contributed by atoms with van der Waals surface area (Å²) in [6.45, 7) is 7.85. The number of fused-ring (bicyclic) bond motifs is 2. The second-order valence-electron chi connectivity index (χ2n) is 12.2. The van der Waals surface area contributed by atoms with E-state index < -0.39 is 18.1 Å². The number of halogens is 3. The zero-order chi connectivity index (χ0) is 27.8. The van der Waals surface area contributed by atoms with E-state index >= 15 is 0 Å². The summed E-state index contributed by atoms with van der Waals surface area (Å²) in [5.74, 6) is -1.43. The Hall–Kier alpha value is -2.33. The molecule has 4 heterocycles. The molecule has 4 saturated heterocycles. The van der Waals surface area contributed by atoms with Gasteiger partial charge in [-0.15, -0.1) is 0 Å². The molecule has 4 aliphatic heterocycles. The molecule has 1 aromatic rings. The SMILES string of the molecule is CC(C)N1C(=O)N(CC2CCOCC2)CC12CC1CCC(C2)N1CC[C@H](NC(=O)C(F)(F)F)c1ccccc1. The average molecular weight is 551 g/mol. The van der Waals surface area contributed by atoms with Crippen molar-refractivity contribution in [3.05, 3.63) is 35.9 Å². The molecule has 5 rings (SSSR count). The van der Waals surface area contributed by atoms with Crippen molar-refractivity contribution in [3.8, 4) is 0 Å². The number of amides is 3. The Labute approximate surface area is 229 Å². The van der Waals surface area contributed by atoms with E-state index in [1.54, 1.807) is 24.3 Å². The second-order valence-corrected chi connectivity index (χ2v) is 12.2. The number of nitrogens with one attached hydrogen (secondary N) is 1. The summed E-state index contributed by atoms with van der Waals surface area (Å²) in [6, 6.07) is 8.96. The summed E-state index contributed by atoms with van der Waals surface area (Å²) in [7, 11) is 0. The lowest BCUT2D eigenvalue weighted by molar-refractivity contribution is -0.174. The molecule has 3 atom stereocenters. The molecular weight excluding hydrogens is 509 g/mol. The lowest BCUT2D eigenvalue weighted by atomic mass is 9.81. The van der Waals surface area contributed by atoms with E-state index in [1.807, 2.05) is 6.07 Å². The maximum Gasteiger partial charge on any atom is 0.471 e. The largest absolute Gasteiger partial charge is 0.471 e. The van der Waals surface area contributed by atoms with Crippen LogP contribution in [0.15, 0.2) is 30.3 Å². The van der Waals surface area contributed by atoms with Crippen molar-refractivity contribution in [3.63, 3.8) is 0 Å². The van der Waals surface area contributed by atoms with Gasteiger partial charge in [0, 0.05) is 51.0 Å². The van der Waals surface area contributed by atoms with Crippen LogP contribution in [-0.4, -0.2) is 89.3 Å². The smallest absolute Gasteiger partial charge is 0.381 e. The first-order valence-electron chi connectivity index (χ1n) is 14.4. The summed E-state index contributed by atoms with van der Waals surface area (Å²) in [5.41, 5.74) is 0.467. The molecule has 1 spiro atoms. The highest BCUT2D eigenvalue weighted by Crippen LogP contribution is 2.48. The third kappa shape index (κ3) is 5.92. The quantitative estimate of drug-likeness (QED) is 0.508. The minimum absolute atomic E-state index is 0.100. The number of alkyl halides is 3. The topological polar surface area (TPSA) is 65.1 Å². The number of piperidine rings is 1. The number of benzene rings is 1. The van der Waals surface area contributed by atoms with E-state index in [9.17, 15) is 22.8 Å². The van der Waals surface area contributed by atoms with Crippen molar-refractivity contribution in [2.24, 2.45) is 5.92 Å². The molecule has 2 bridgehead atoms. The first kappa shape index (κ1) is 28.2. The number of carbonyl (C=O) groups excluding carboxylic acids is 2. The normalized spacial score (nSPS) is 29.0. The van der Waals surface area contributed by atoms with Crippen molar-refractivity contribution in [2.45, 2.75) is 94.7 Å². The molecule has 4 fully saturated rings. The minimum Gasteiger partial charge on any atom is -0.381 e. The van der Waals surface area contributed by atoms with Crippen LogP contribution in [0, 0.1) is 5.92 Å². The molecule has 0 radical (unpaired) electrons. The summed E-state index contributed by atoms with van der Waals surface area (Å²) in [5, 5.41) is 2.22. The Morgan fingerprint density at radius 2 is 1.72 bits per heavy atom. The number of hydrogen-bond donors (Lipinski definition) is 1. The van der Waals surface area contributed by atoms with E-state index in [4.69, 9.17) is 4.74 Å². The number of carbonyl (C=O) groups is 2. The minimum atomic E-state index is -4.92. The molecule has 0 aromatic heterocycles. The molecule has 2 unspecified atom stereocenters. The van der Waals surface area contributed by atoms with Crippen LogP contribution < -0.4 is 5.32 Å². The van der Waals surface area contributed by atoms with Crippen LogP contribution in [0.5, 0.6) is 0 Å². The maximum atomic E-state index is 13.6. The van der Waals surface area contributed by atoms with Gasteiger partial charge in [0.1, 0.15) is 0 Å². The maximum absolute atomic E-state index is 13.6. The summed E-state index contributed by atoms with van der Waals surface area (Å²) < 4.78 is 44.7. The predicted octanol–water partition coefficient (Wildman–Crippen LogP) is 4.73. The molecule has 0 aliphatic carbocycles. The number of hydrogen-bond acceptors (Lipinski definition) is 4. The molecule has 10 heteroatoms. The van der Waals surface area contributed by atoms with Gasteiger partial charge in [0.15, 0.2) is 0 Å². The van der Waals surface area contributed by atoms with Crippen LogP contribution in [0.1, 0.15) is 70.4 Å². The Morgan fingerprint density at radius 1 is 1.08 bits per heavy atom. The van der Waals surface area contributed by atoms with E-state index in [0.717, 1.165) is 64.8 Å². The number of nitrogens with zero attached hydrogens (tertiary/aromatic N) is 3. The van der Waals surface area contributed by atoms with Gasteiger partial charge in [-0.1, -0.05) is 30.3 Å². The molecule has 39 heavy (non-hydrogen) atoms. The van der Waals surface area contributed by atoms with Gasteiger partial charge in [-0.3, -0.25) is 9.69 Å². The third-order valence-corrected chi connectivity index (χ3v) is 9.25. The first-order chi connectivity index (χ1) is 18.6. The summed E-state index contributed by atoms with van der Waals surface area (Å²) in [4.78, 5) is 32.1. The van der Waals surface area contributed by atoms with Gasteiger partial charge in [0.25, 0.3) is 0 Å². The summed E-state index contributed by atoms with van der Waals surface area (Å²) >= 11 is 0. The highest BCUT2D eigenvalue weighted by molar-refractivity contribution is 5.82. The molecule has 3 amide bonds. The monoisotopic (exact) mass is 550 g/mol. The molecule has 7 nitrogen and oxygen atoms in total. The van der Waals surface area contributed by atoms with E-state index in [-0.39, 0.29) is 29.7 Å². The standard InChI is InChI=1S/C29H41F3N4O3/c1-20(2)36-27(38)34(18-21-11-14-39-15-12-21)19-28(36)16-23-8-9-24(17-28)35(23)13-10-25(22-6-4-3-5-7-22)33-26(37)29(30,31)32/h3-7,20-21,23-25H,8-19H2,1-2H3,(H,33,37)/t23?,24?,25-,28?/m0/s1. The fraction of sp³-hybridized carbons (Fsp3) is 0.724. The number of rotatable bonds is 8. The van der Waals surface area contributed by atoms with E-state index in [0.29, 0.717) is 24.4 Å².